The van der Waals surface area contributed by atoms with Gasteiger partial charge in [-0.15, -0.1) is 0 Å². The van der Waals surface area contributed by atoms with Crippen molar-refractivity contribution >= 4 is 18.0 Å². The van der Waals surface area contributed by atoms with E-state index < -0.39 is 17.9 Å². The largest absolute Gasteiger partial charge is 0.508 e. The summed E-state index contributed by atoms with van der Waals surface area (Å²) >= 11 is 0. The Kier molecular flexibility index (Phi) is 6.14. The maximum Gasteiger partial charge on any atom is 0.328 e. The smallest absolute Gasteiger partial charge is 0.328 e. The first kappa shape index (κ1) is 17.3. The predicted octanol–water partition coefficient (Wildman–Crippen LogP) is 2.31. The summed E-state index contributed by atoms with van der Waals surface area (Å²) in [5, 5.41) is 12.0. The Morgan fingerprint density at radius 1 is 1.17 bits per heavy atom. The van der Waals surface area contributed by atoms with Crippen LogP contribution in [0.1, 0.15) is 11.1 Å². The van der Waals surface area contributed by atoms with E-state index in [0.717, 1.165) is 5.56 Å². The zero-order chi connectivity index (χ0) is 17.4. The number of ether oxygens (including phenoxy) is 1. The fourth-order valence-electron chi connectivity index (χ4n) is 2.21. The van der Waals surface area contributed by atoms with E-state index in [1.807, 2.05) is 30.3 Å². The fraction of sp³-hybridized carbons (Fsp3) is 0.158. The van der Waals surface area contributed by atoms with Crippen LogP contribution in [-0.4, -0.2) is 30.1 Å². The van der Waals surface area contributed by atoms with Crippen LogP contribution in [-0.2, 0) is 20.7 Å². The summed E-state index contributed by atoms with van der Waals surface area (Å²) in [6.45, 7) is 0. The third kappa shape index (κ3) is 5.28. The lowest BCUT2D eigenvalue weighted by atomic mass is 10.1. The van der Waals surface area contributed by atoms with E-state index in [-0.39, 0.29) is 5.75 Å². The molecule has 0 fully saturated rings. The average Bonchev–Trinajstić information content (AvgIpc) is 2.59. The Bertz CT molecular complexity index is 725. The van der Waals surface area contributed by atoms with Gasteiger partial charge in [0, 0.05) is 12.5 Å². The van der Waals surface area contributed by atoms with Crippen LogP contribution in [0.2, 0.25) is 0 Å². The van der Waals surface area contributed by atoms with Crippen molar-refractivity contribution in [2.75, 3.05) is 7.11 Å². The van der Waals surface area contributed by atoms with E-state index in [4.69, 9.17) is 4.74 Å². The number of hydrogen-bond donors (Lipinski definition) is 2. The summed E-state index contributed by atoms with van der Waals surface area (Å²) in [6, 6.07) is 15.1. The van der Waals surface area contributed by atoms with Gasteiger partial charge in [-0.25, -0.2) is 4.79 Å². The van der Waals surface area contributed by atoms with E-state index in [2.05, 4.69) is 5.32 Å². The van der Waals surface area contributed by atoms with Crippen molar-refractivity contribution in [1.29, 1.82) is 0 Å². The molecule has 5 nitrogen and oxygen atoms in total. The minimum Gasteiger partial charge on any atom is -0.508 e. The number of benzene rings is 2. The summed E-state index contributed by atoms with van der Waals surface area (Å²) in [5.74, 6) is -0.795. The Hall–Kier alpha value is -3.08. The summed E-state index contributed by atoms with van der Waals surface area (Å²) in [6.07, 6.45) is 3.22. The molecule has 2 aromatic carbocycles. The van der Waals surface area contributed by atoms with Gasteiger partial charge >= 0.3 is 5.97 Å². The third-order valence-corrected chi connectivity index (χ3v) is 3.38. The molecule has 0 saturated carbocycles. The van der Waals surface area contributed by atoms with E-state index in [9.17, 15) is 14.7 Å². The number of hydrogen-bond acceptors (Lipinski definition) is 4. The second-order valence-corrected chi connectivity index (χ2v) is 5.20. The number of aromatic hydroxyl groups is 1. The SMILES string of the molecule is COC(=O)[C@H](Cc1ccccc1)NC(=O)/C=C/c1cccc(O)c1. The second-order valence-electron chi connectivity index (χ2n) is 5.20. The Morgan fingerprint density at radius 3 is 2.58 bits per heavy atom. The number of methoxy groups -OCH3 is 1. The molecule has 0 radical (unpaired) electrons. The van der Waals surface area contributed by atoms with Crippen molar-refractivity contribution in [2.24, 2.45) is 0 Å². The molecule has 0 aliphatic heterocycles. The molecule has 2 N–H and O–H groups in total. The van der Waals surface area contributed by atoms with E-state index in [0.29, 0.717) is 12.0 Å². The fourth-order valence-corrected chi connectivity index (χ4v) is 2.21. The molecule has 0 aromatic heterocycles. The number of carbonyl (C=O) groups excluding carboxylic acids is 2. The van der Waals surface area contributed by atoms with E-state index in [1.165, 1.54) is 19.3 Å². The lowest BCUT2D eigenvalue weighted by Gasteiger charge is -2.15. The molecule has 1 atom stereocenters. The van der Waals surface area contributed by atoms with Crippen LogP contribution in [0.3, 0.4) is 0 Å². The highest BCUT2D eigenvalue weighted by molar-refractivity contribution is 5.94. The summed E-state index contributed by atoms with van der Waals surface area (Å²) in [5.41, 5.74) is 1.60. The van der Waals surface area contributed by atoms with Crippen molar-refractivity contribution in [2.45, 2.75) is 12.5 Å². The highest BCUT2D eigenvalue weighted by Gasteiger charge is 2.20. The molecule has 1 amide bonds. The standard InChI is InChI=1S/C19H19NO4/c1-24-19(23)17(13-14-6-3-2-4-7-14)20-18(22)11-10-15-8-5-9-16(21)12-15/h2-12,17,21H,13H2,1H3,(H,20,22)/b11-10+/t17-/m0/s1. The molecular weight excluding hydrogens is 306 g/mol. The van der Waals surface area contributed by atoms with Gasteiger partial charge in [-0.05, 0) is 29.3 Å². The molecule has 0 saturated heterocycles. The first-order valence-corrected chi connectivity index (χ1v) is 7.48. The van der Waals surface area contributed by atoms with Crippen LogP contribution < -0.4 is 5.32 Å². The Morgan fingerprint density at radius 2 is 1.92 bits per heavy atom. The molecule has 124 valence electrons. The molecular formula is C19H19NO4. The summed E-state index contributed by atoms with van der Waals surface area (Å²) in [4.78, 5) is 23.9. The van der Waals surface area contributed by atoms with Crippen molar-refractivity contribution < 1.29 is 19.4 Å². The zero-order valence-corrected chi connectivity index (χ0v) is 13.3. The number of carbonyl (C=O) groups is 2. The topological polar surface area (TPSA) is 75.6 Å². The molecule has 0 aliphatic carbocycles. The molecule has 5 heteroatoms. The maximum atomic E-state index is 12.1. The van der Waals surface area contributed by atoms with Gasteiger partial charge < -0.3 is 15.2 Å². The number of phenolic OH excluding ortho intramolecular Hbond substituents is 1. The van der Waals surface area contributed by atoms with Gasteiger partial charge in [-0.1, -0.05) is 42.5 Å². The van der Waals surface area contributed by atoms with Crippen molar-refractivity contribution in [1.82, 2.24) is 5.32 Å². The molecule has 0 bridgehead atoms. The summed E-state index contributed by atoms with van der Waals surface area (Å²) < 4.78 is 4.75. The van der Waals surface area contributed by atoms with Crippen molar-refractivity contribution in [3.63, 3.8) is 0 Å². The van der Waals surface area contributed by atoms with Gasteiger partial charge in [0.1, 0.15) is 11.8 Å². The lowest BCUT2D eigenvalue weighted by molar-refractivity contribution is -0.144. The van der Waals surface area contributed by atoms with Crippen LogP contribution in [0.4, 0.5) is 0 Å². The van der Waals surface area contributed by atoms with Gasteiger partial charge in [-0.2, -0.15) is 0 Å². The zero-order valence-electron chi connectivity index (χ0n) is 13.3. The quantitative estimate of drug-likeness (QED) is 0.631. The molecule has 0 spiro atoms. The van der Waals surface area contributed by atoms with Crippen molar-refractivity contribution in [3.8, 4) is 5.75 Å². The van der Waals surface area contributed by atoms with Gasteiger partial charge in [0.25, 0.3) is 0 Å². The first-order valence-electron chi connectivity index (χ1n) is 7.48. The molecule has 0 aliphatic rings. The maximum absolute atomic E-state index is 12.1. The van der Waals surface area contributed by atoms with Crippen LogP contribution in [0, 0.1) is 0 Å². The molecule has 24 heavy (non-hydrogen) atoms. The molecule has 0 unspecified atom stereocenters. The number of nitrogens with one attached hydrogen (secondary N) is 1. The predicted molar refractivity (Wildman–Crippen MR) is 91.2 cm³/mol. The van der Waals surface area contributed by atoms with Crippen LogP contribution in [0.15, 0.2) is 60.7 Å². The van der Waals surface area contributed by atoms with Crippen LogP contribution in [0.25, 0.3) is 6.08 Å². The second kappa shape index (κ2) is 8.53. The minimum atomic E-state index is -0.765. The molecule has 2 rings (SSSR count). The number of rotatable bonds is 6. The van der Waals surface area contributed by atoms with Gasteiger partial charge in [-0.3, -0.25) is 4.79 Å². The normalized spacial score (nSPS) is 11.9. The number of amides is 1. The van der Waals surface area contributed by atoms with E-state index >= 15 is 0 Å². The monoisotopic (exact) mass is 325 g/mol. The minimum absolute atomic E-state index is 0.120. The van der Waals surface area contributed by atoms with Crippen LogP contribution >= 0.6 is 0 Å². The van der Waals surface area contributed by atoms with Crippen LogP contribution in [0.5, 0.6) is 5.75 Å². The molecule has 0 heterocycles. The summed E-state index contributed by atoms with van der Waals surface area (Å²) in [7, 11) is 1.29. The Balaban J connectivity index is 2.03. The highest BCUT2D eigenvalue weighted by Crippen LogP contribution is 2.12. The van der Waals surface area contributed by atoms with Gasteiger partial charge in [0.2, 0.25) is 5.91 Å². The average molecular weight is 325 g/mol. The lowest BCUT2D eigenvalue weighted by Crippen LogP contribution is -2.42. The third-order valence-electron chi connectivity index (χ3n) is 3.38. The number of phenols is 1. The highest BCUT2D eigenvalue weighted by atomic mass is 16.5. The van der Waals surface area contributed by atoms with Gasteiger partial charge in [0.05, 0.1) is 7.11 Å². The molecule has 2 aromatic rings. The number of esters is 1. The van der Waals surface area contributed by atoms with Gasteiger partial charge in [0.15, 0.2) is 0 Å². The Labute approximate surface area is 140 Å². The van der Waals surface area contributed by atoms with E-state index in [1.54, 1.807) is 24.3 Å². The first-order chi connectivity index (χ1) is 11.6. The van der Waals surface area contributed by atoms with Crippen molar-refractivity contribution in [3.05, 3.63) is 71.8 Å².